The smallest absolute Gasteiger partial charge is 0.105 e. The van der Waals surface area contributed by atoms with Gasteiger partial charge in [0, 0.05) is 12.6 Å². The van der Waals surface area contributed by atoms with E-state index in [1.165, 1.54) is 0 Å². The van der Waals surface area contributed by atoms with E-state index in [-0.39, 0.29) is 12.7 Å². The molecule has 0 spiro atoms. The van der Waals surface area contributed by atoms with Gasteiger partial charge in [-0.3, -0.25) is 0 Å². The summed E-state index contributed by atoms with van der Waals surface area (Å²) in [6.45, 7) is 0.332. The van der Waals surface area contributed by atoms with Crippen LogP contribution < -0.4 is 5.32 Å². The van der Waals surface area contributed by atoms with Crippen molar-refractivity contribution in [2.24, 2.45) is 0 Å². The maximum Gasteiger partial charge on any atom is 0.105 e. The zero-order valence-electron chi connectivity index (χ0n) is 7.76. The molecule has 0 saturated carbocycles. The molecule has 1 N–H and O–H groups in total. The van der Waals surface area contributed by atoms with E-state index in [9.17, 15) is 4.39 Å². The Balaban J connectivity index is 2.29. The van der Waals surface area contributed by atoms with Gasteiger partial charge in [0.15, 0.2) is 0 Å². The second kappa shape index (κ2) is 3.77. The number of nitrogens with one attached hydrogen (secondary N) is 1. The number of rotatable bonds is 1. The minimum atomic E-state index is -0.334. The molecule has 1 aromatic rings. The molecule has 0 aromatic heterocycles. The second-order valence-electron chi connectivity index (χ2n) is 3.53. The molecule has 0 aliphatic carbocycles. The zero-order chi connectivity index (χ0) is 9.97. The van der Waals surface area contributed by atoms with Crippen LogP contribution >= 0.6 is 0 Å². The van der Waals surface area contributed by atoms with Crippen LogP contribution in [-0.4, -0.2) is 12.7 Å². The highest BCUT2D eigenvalue weighted by atomic mass is 19.1. The van der Waals surface area contributed by atoms with E-state index in [0.717, 1.165) is 17.5 Å². The third-order valence-electron chi connectivity index (χ3n) is 2.57. The molecule has 72 valence electrons. The van der Waals surface area contributed by atoms with Crippen LogP contribution in [0.15, 0.2) is 18.2 Å². The molecule has 1 heterocycles. The van der Waals surface area contributed by atoms with Crippen molar-refractivity contribution in [3.05, 3.63) is 34.9 Å². The second-order valence-corrected chi connectivity index (χ2v) is 3.53. The van der Waals surface area contributed by atoms with Crippen molar-refractivity contribution >= 4 is 0 Å². The highest BCUT2D eigenvalue weighted by Crippen LogP contribution is 2.18. The summed E-state index contributed by atoms with van der Waals surface area (Å²) in [7, 11) is 0. The summed E-state index contributed by atoms with van der Waals surface area (Å²) in [6.07, 6.45) is 0.720. The van der Waals surface area contributed by atoms with Crippen molar-refractivity contribution in [2.45, 2.75) is 19.0 Å². The average molecular weight is 190 g/mol. The van der Waals surface area contributed by atoms with Crippen LogP contribution in [0.2, 0.25) is 0 Å². The predicted octanol–water partition coefficient (Wildman–Crippen LogP) is 1.54. The average Bonchev–Trinajstić information content (AvgIpc) is 2.27. The number of halogens is 1. The largest absolute Gasteiger partial charge is 0.307 e. The Morgan fingerprint density at radius 2 is 2.36 bits per heavy atom. The van der Waals surface area contributed by atoms with Crippen LogP contribution in [0.25, 0.3) is 0 Å². The Morgan fingerprint density at radius 1 is 1.50 bits per heavy atom. The van der Waals surface area contributed by atoms with Gasteiger partial charge >= 0.3 is 0 Å². The first-order valence-corrected chi connectivity index (χ1v) is 4.64. The van der Waals surface area contributed by atoms with Crippen LogP contribution in [-0.2, 0) is 13.0 Å². The van der Waals surface area contributed by atoms with Gasteiger partial charge < -0.3 is 5.32 Å². The van der Waals surface area contributed by atoms with E-state index >= 15 is 0 Å². The summed E-state index contributed by atoms with van der Waals surface area (Å²) >= 11 is 0. The predicted molar refractivity (Wildman–Crippen MR) is 51.5 cm³/mol. The molecule has 0 radical (unpaired) electrons. The number of nitriles is 1. The van der Waals surface area contributed by atoms with Crippen LogP contribution in [0, 0.1) is 11.3 Å². The quantitative estimate of drug-likeness (QED) is 0.729. The molecule has 0 saturated heterocycles. The molecule has 2 rings (SSSR count). The van der Waals surface area contributed by atoms with Crippen molar-refractivity contribution < 1.29 is 4.39 Å². The van der Waals surface area contributed by atoms with Crippen LogP contribution in [0.5, 0.6) is 0 Å². The van der Waals surface area contributed by atoms with E-state index < -0.39 is 0 Å². The van der Waals surface area contributed by atoms with Gasteiger partial charge in [-0.15, -0.1) is 0 Å². The molecule has 1 aromatic carbocycles. The Bertz CT molecular complexity index is 381. The van der Waals surface area contributed by atoms with E-state index in [1.807, 2.05) is 12.1 Å². The summed E-state index contributed by atoms with van der Waals surface area (Å²) < 4.78 is 12.4. The Hall–Kier alpha value is -1.40. The summed E-state index contributed by atoms with van der Waals surface area (Å²) in [6, 6.07) is 7.63. The van der Waals surface area contributed by atoms with Crippen molar-refractivity contribution in [1.82, 2.24) is 5.32 Å². The van der Waals surface area contributed by atoms with Gasteiger partial charge in [0.2, 0.25) is 0 Å². The fraction of sp³-hybridized carbons (Fsp3) is 0.364. The first kappa shape index (κ1) is 9.17. The van der Waals surface area contributed by atoms with E-state index in [2.05, 4.69) is 11.4 Å². The minimum absolute atomic E-state index is 0.0598. The lowest BCUT2D eigenvalue weighted by Crippen LogP contribution is -2.37. The molecule has 0 unspecified atom stereocenters. The zero-order valence-corrected chi connectivity index (χ0v) is 7.76. The van der Waals surface area contributed by atoms with Crippen LogP contribution in [0.1, 0.15) is 16.7 Å². The molecular formula is C11H11FN2. The van der Waals surface area contributed by atoms with Gasteiger partial charge in [-0.25, -0.2) is 4.39 Å². The van der Waals surface area contributed by atoms with Gasteiger partial charge in [0.25, 0.3) is 0 Å². The summed E-state index contributed by atoms with van der Waals surface area (Å²) in [5.74, 6) is 0. The maximum atomic E-state index is 12.4. The van der Waals surface area contributed by atoms with Crippen molar-refractivity contribution in [3.63, 3.8) is 0 Å². The SMILES string of the molecule is N#Cc1ccc2c(c1)CN[C@@H](CF)C2. The van der Waals surface area contributed by atoms with Gasteiger partial charge in [-0.2, -0.15) is 5.26 Å². The van der Waals surface area contributed by atoms with Gasteiger partial charge in [0.1, 0.15) is 6.67 Å². The standard InChI is InChI=1S/C11H11FN2/c12-5-11-4-9-2-1-8(6-13)3-10(9)7-14-11/h1-3,11,14H,4-5,7H2/t11-/m1/s1. The fourth-order valence-corrected chi connectivity index (χ4v) is 1.76. The molecule has 0 fully saturated rings. The maximum absolute atomic E-state index is 12.4. The number of hydrogen-bond donors (Lipinski definition) is 1. The van der Waals surface area contributed by atoms with Gasteiger partial charge in [-0.1, -0.05) is 6.07 Å². The Labute approximate surface area is 82.4 Å². The Morgan fingerprint density at radius 3 is 3.07 bits per heavy atom. The highest BCUT2D eigenvalue weighted by molar-refractivity contribution is 5.39. The summed E-state index contributed by atoms with van der Waals surface area (Å²) in [5, 5.41) is 11.8. The molecule has 1 aliphatic rings. The van der Waals surface area contributed by atoms with E-state index in [1.54, 1.807) is 6.07 Å². The topological polar surface area (TPSA) is 35.8 Å². The first-order valence-electron chi connectivity index (χ1n) is 4.64. The minimum Gasteiger partial charge on any atom is -0.307 e. The summed E-state index contributed by atoms with van der Waals surface area (Å²) in [4.78, 5) is 0. The van der Waals surface area contributed by atoms with E-state index in [0.29, 0.717) is 12.1 Å². The molecule has 0 bridgehead atoms. The molecule has 1 aliphatic heterocycles. The normalized spacial score (nSPS) is 19.9. The number of benzene rings is 1. The molecule has 1 atom stereocenters. The fourth-order valence-electron chi connectivity index (χ4n) is 1.76. The number of nitrogens with zero attached hydrogens (tertiary/aromatic N) is 1. The van der Waals surface area contributed by atoms with Crippen molar-refractivity contribution in [1.29, 1.82) is 5.26 Å². The van der Waals surface area contributed by atoms with Crippen molar-refractivity contribution in [3.8, 4) is 6.07 Å². The lowest BCUT2D eigenvalue weighted by atomic mass is 9.95. The van der Waals surface area contributed by atoms with Crippen LogP contribution in [0.3, 0.4) is 0 Å². The number of hydrogen-bond acceptors (Lipinski definition) is 2. The monoisotopic (exact) mass is 190 g/mol. The molecule has 14 heavy (non-hydrogen) atoms. The highest BCUT2D eigenvalue weighted by Gasteiger charge is 2.17. The third kappa shape index (κ3) is 1.61. The number of alkyl halides is 1. The first-order chi connectivity index (χ1) is 6.83. The van der Waals surface area contributed by atoms with Gasteiger partial charge in [0.05, 0.1) is 11.6 Å². The molecule has 0 amide bonds. The Kier molecular flexibility index (Phi) is 2.47. The third-order valence-corrected chi connectivity index (χ3v) is 2.57. The van der Waals surface area contributed by atoms with E-state index in [4.69, 9.17) is 5.26 Å². The van der Waals surface area contributed by atoms with Crippen LogP contribution in [0.4, 0.5) is 4.39 Å². The molecular weight excluding hydrogens is 179 g/mol. The van der Waals surface area contributed by atoms with Crippen molar-refractivity contribution in [2.75, 3.05) is 6.67 Å². The lowest BCUT2D eigenvalue weighted by molar-refractivity contribution is 0.359. The van der Waals surface area contributed by atoms with Gasteiger partial charge in [-0.05, 0) is 29.7 Å². The molecule has 3 heteroatoms. The number of fused-ring (bicyclic) bond motifs is 1. The summed E-state index contributed by atoms with van der Waals surface area (Å²) in [5.41, 5.74) is 2.95. The lowest BCUT2D eigenvalue weighted by Gasteiger charge is -2.23. The molecule has 2 nitrogen and oxygen atoms in total.